The smallest absolute Gasteiger partial charge is 0.321 e. The number of carbonyl (C=O) groups is 4. The maximum atomic E-state index is 10.1. The Morgan fingerprint density at radius 1 is 0.920 bits per heavy atom. The Hall–Kier alpha value is -2.24. The van der Waals surface area contributed by atoms with Crippen LogP contribution in [0.4, 0.5) is 0 Å². The highest BCUT2D eigenvalue weighted by molar-refractivity contribution is 5.83. The van der Waals surface area contributed by atoms with Crippen LogP contribution in [-0.2, 0) is 19.2 Å². The van der Waals surface area contributed by atoms with E-state index in [4.69, 9.17) is 21.1 Å². The summed E-state index contributed by atoms with van der Waals surface area (Å²) in [5.74, 6) is -3.36. The van der Waals surface area contributed by atoms with Gasteiger partial charge in [0.05, 0.1) is 6.42 Å². The summed E-state index contributed by atoms with van der Waals surface area (Å²) in [5, 5.41) is 30.5. The molecule has 11 heteroatoms. The summed E-state index contributed by atoms with van der Waals surface area (Å²) in [6.45, 7) is 1.72. The second-order valence-corrected chi connectivity index (χ2v) is 5.59. The van der Waals surface area contributed by atoms with E-state index in [9.17, 15) is 19.2 Å². The number of carboxylic acid groups (broad SMARTS) is 3. The minimum atomic E-state index is -1.21. The standard InChI is InChI=1S/2C5H9NO2.C4H8N2O3/c2*7-5(8)4-2-1-3-6-4;5-2(4(8)9)1-3(6)7/h2*4,6H,1-3H2,(H,7,8);2H,1,5H2,(H2,6,7)(H,8,9)/t2*4-;/m00./s1. The molecular weight excluding hydrogens is 336 g/mol. The summed E-state index contributed by atoms with van der Waals surface area (Å²) in [6, 6.07) is -1.70. The molecule has 0 spiro atoms. The van der Waals surface area contributed by atoms with E-state index in [0.717, 1.165) is 38.8 Å². The number of hydrogen-bond donors (Lipinski definition) is 7. The van der Waals surface area contributed by atoms with E-state index in [1.165, 1.54) is 0 Å². The Labute approximate surface area is 144 Å². The van der Waals surface area contributed by atoms with Gasteiger partial charge < -0.3 is 37.4 Å². The van der Waals surface area contributed by atoms with Crippen molar-refractivity contribution >= 4 is 23.8 Å². The number of nitrogens with one attached hydrogen (secondary N) is 2. The van der Waals surface area contributed by atoms with Crippen molar-refractivity contribution in [2.75, 3.05) is 13.1 Å². The molecule has 9 N–H and O–H groups in total. The average Bonchev–Trinajstić information content (AvgIpc) is 3.21. The van der Waals surface area contributed by atoms with Crippen LogP contribution in [0.3, 0.4) is 0 Å². The highest BCUT2D eigenvalue weighted by Gasteiger charge is 2.20. The van der Waals surface area contributed by atoms with Crippen LogP contribution in [0.1, 0.15) is 32.1 Å². The van der Waals surface area contributed by atoms with E-state index in [1.807, 2.05) is 0 Å². The number of amides is 1. The van der Waals surface area contributed by atoms with E-state index in [1.54, 1.807) is 0 Å². The topological polar surface area (TPSA) is 205 Å². The number of rotatable bonds is 5. The van der Waals surface area contributed by atoms with Crippen LogP contribution in [-0.4, -0.2) is 70.3 Å². The summed E-state index contributed by atoms with van der Waals surface area (Å²) in [7, 11) is 0. The maximum absolute atomic E-state index is 10.1. The predicted octanol–water partition coefficient (Wildman–Crippen LogP) is -2.08. The van der Waals surface area contributed by atoms with Crippen molar-refractivity contribution < 1.29 is 34.5 Å². The van der Waals surface area contributed by atoms with Crippen molar-refractivity contribution in [1.29, 1.82) is 0 Å². The molecule has 2 heterocycles. The lowest BCUT2D eigenvalue weighted by molar-refractivity contribution is -0.140. The Kier molecular flexibility index (Phi) is 11.1. The van der Waals surface area contributed by atoms with Gasteiger partial charge in [0.25, 0.3) is 0 Å². The van der Waals surface area contributed by atoms with Crippen LogP contribution >= 0.6 is 0 Å². The number of hydrogen-bond acceptors (Lipinski definition) is 7. The Morgan fingerprint density at radius 2 is 1.32 bits per heavy atom. The highest BCUT2D eigenvalue weighted by Crippen LogP contribution is 2.04. The summed E-state index contributed by atoms with van der Waals surface area (Å²) in [4.78, 5) is 40.2. The van der Waals surface area contributed by atoms with E-state index < -0.39 is 29.9 Å². The molecule has 0 aromatic heterocycles. The minimum Gasteiger partial charge on any atom is -0.480 e. The van der Waals surface area contributed by atoms with E-state index in [0.29, 0.717) is 0 Å². The fourth-order valence-corrected chi connectivity index (χ4v) is 2.09. The molecule has 0 saturated carbocycles. The SMILES string of the molecule is NC(=O)CC(N)C(=O)O.O=C(O)[C@@H]1CCCN1.O=C(O)[C@@H]1CCCN1. The normalized spacial score (nSPS) is 22.6. The van der Waals surface area contributed by atoms with Gasteiger partial charge in [-0.05, 0) is 38.8 Å². The van der Waals surface area contributed by atoms with Crippen molar-refractivity contribution in [2.45, 2.75) is 50.2 Å². The van der Waals surface area contributed by atoms with E-state index in [2.05, 4.69) is 16.4 Å². The number of nitrogens with two attached hydrogens (primary N) is 2. The highest BCUT2D eigenvalue weighted by atomic mass is 16.4. The first kappa shape index (κ1) is 22.8. The monoisotopic (exact) mass is 362 g/mol. The van der Waals surface area contributed by atoms with Crippen LogP contribution in [0, 0.1) is 0 Å². The molecule has 0 aliphatic carbocycles. The molecule has 0 aromatic carbocycles. The third-order valence-corrected chi connectivity index (χ3v) is 3.46. The first-order chi connectivity index (χ1) is 11.6. The van der Waals surface area contributed by atoms with Crippen molar-refractivity contribution in [3.05, 3.63) is 0 Å². The van der Waals surface area contributed by atoms with Gasteiger partial charge >= 0.3 is 17.9 Å². The molecule has 3 atom stereocenters. The molecule has 0 bridgehead atoms. The second-order valence-electron chi connectivity index (χ2n) is 5.59. The Bertz CT molecular complexity index is 434. The van der Waals surface area contributed by atoms with Gasteiger partial charge in [-0.1, -0.05) is 0 Å². The average molecular weight is 362 g/mol. The van der Waals surface area contributed by atoms with E-state index in [-0.39, 0.29) is 18.5 Å². The number of carbonyl (C=O) groups excluding carboxylic acids is 1. The lowest BCUT2D eigenvalue weighted by Gasteiger charge is -1.99. The molecular formula is C14H26N4O7. The van der Waals surface area contributed by atoms with Crippen molar-refractivity contribution in [1.82, 2.24) is 10.6 Å². The van der Waals surface area contributed by atoms with Crippen LogP contribution < -0.4 is 22.1 Å². The van der Waals surface area contributed by atoms with Gasteiger partial charge in [-0.3, -0.25) is 19.2 Å². The van der Waals surface area contributed by atoms with Gasteiger partial charge in [0, 0.05) is 0 Å². The van der Waals surface area contributed by atoms with Gasteiger partial charge in [0.2, 0.25) is 5.91 Å². The lowest BCUT2D eigenvalue weighted by atomic mass is 10.2. The molecule has 1 amide bonds. The molecule has 1 unspecified atom stereocenters. The third kappa shape index (κ3) is 11.0. The lowest BCUT2D eigenvalue weighted by Crippen LogP contribution is -2.34. The number of carboxylic acids is 3. The Morgan fingerprint density at radius 3 is 1.44 bits per heavy atom. The van der Waals surface area contributed by atoms with Crippen molar-refractivity contribution in [3.63, 3.8) is 0 Å². The van der Waals surface area contributed by atoms with Crippen LogP contribution in [0.25, 0.3) is 0 Å². The molecule has 2 aliphatic heterocycles. The summed E-state index contributed by atoms with van der Waals surface area (Å²) >= 11 is 0. The molecule has 0 aromatic rings. The molecule has 2 rings (SSSR count). The summed E-state index contributed by atoms with van der Waals surface area (Å²) in [6.07, 6.45) is 3.26. The minimum absolute atomic E-state index is 0.269. The van der Waals surface area contributed by atoms with Gasteiger partial charge in [0.1, 0.15) is 18.1 Å². The molecule has 2 fully saturated rings. The fraction of sp³-hybridized carbons (Fsp3) is 0.714. The van der Waals surface area contributed by atoms with Crippen molar-refractivity contribution in [2.24, 2.45) is 11.5 Å². The van der Waals surface area contributed by atoms with Gasteiger partial charge in [-0.25, -0.2) is 0 Å². The molecule has 25 heavy (non-hydrogen) atoms. The number of aliphatic carboxylic acids is 3. The molecule has 11 nitrogen and oxygen atoms in total. The molecule has 2 aliphatic rings. The number of primary amides is 1. The summed E-state index contributed by atoms with van der Waals surface area (Å²) in [5.41, 5.74) is 9.57. The predicted molar refractivity (Wildman–Crippen MR) is 86.7 cm³/mol. The van der Waals surface area contributed by atoms with Crippen LogP contribution in [0.5, 0.6) is 0 Å². The zero-order valence-electron chi connectivity index (χ0n) is 13.8. The molecule has 0 radical (unpaired) electrons. The first-order valence-corrected chi connectivity index (χ1v) is 7.84. The molecule has 2 saturated heterocycles. The van der Waals surface area contributed by atoms with Crippen molar-refractivity contribution in [3.8, 4) is 0 Å². The van der Waals surface area contributed by atoms with E-state index >= 15 is 0 Å². The second kappa shape index (κ2) is 12.2. The zero-order chi connectivity index (χ0) is 19.4. The van der Waals surface area contributed by atoms with Gasteiger partial charge in [0.15, 0.2) is 0 Å². The van der Waals surface area contributed by atoms with Crippen LogP contribution in [0.15, 0.2) is 0 Å². The summed E-state index contributed by atoms with van der Waals surface area (Å²) < 4.78 is 0. The third-order valence-electron chi connectivity index (χ3n) is 3.46. The van der Waals surface area contributed by atoms with Gasteiger partial charge in [-0.15, -0.1) is 0 Å². The first-order valence-electron chi connectivity index (χ1n) is 7.84. The maximum Gasteiger partial charge on any atom is 0.321 e. The van der Waals surface area contributed by atoms with Gasteiger partial charge in [-0.2, -0.15) is 0 Å². The zero-order valence-corrected chi connectivity index (χ0v) is 13.8. The largest absolute Gasteiger partial charge is 0.480 e. The fourth-order valence-electron chi connectivity index (χ4n) is 2.09. The Balaban J connectivity index is 0.000000346. The molecule has 144 valence electrons. The van der Waals surface area contributed by atoms with Crippen LogP contribution in [0.2, 0.25) is 0 Å². The quantitative estimate of drug-likeness (QED) is 0.284.